The first-order chi connectivity index (χ1) is 10.4. The predicted octanol–water partition coefficient (Wildman–Crippen LogP) is 2.96. The fraction of sp³-hybridized carbons (Fsp3) is 0.579. The van der Waals surface area contributed by atoms with Crippen molar-refractivity contribution in [2.45, 2.75) is 31.6 Å². The number of hydrogen-bond donors (Lipinski definition) is 1. The fourth-order valence-electron chi connectivity index (χ4n) is 4.29. The Balaban J connectivity index is 1.37. The standard InChI is InChI=1S/C19H26N2/c1-2-11-21(10-1)12-9-15-3-5-16(6-4-15)18-8-7-17-13-20-14-19(17)18/h3-7,18-20H,1-2,8-14H2. The molecule has 2 heterocycles. The number of benzene rings is 1. The summed E-state index contributed by atoms with van der Waals surface area (Å²) in [6.07, 6.45) is 7.71. The second-order valence-electron chi connectivity index (χ2n) is 6.90. The van der Waals surface area contributed by atoms with Crippen molar-refractivity contribution < 1.29 is 0 Å². The molecule has 2 aliphatic heterocycles. The molecule has 0 saturated carbocycles. The van der Waals surface area contributed by atoms with Gasteiger partial charge in [-0.3, -0.25) is 0 Å². The Morgan fingerprint density at radius 3 is 2.67 bits per heavy atom. The molecular formula is C19H26N2. The molecule has 1 aromatic carbocycles. The van der Waals surface area contributed by atoms with Crippen LogP contribution in [0.25, 0.3) is 0 Å². The summed E-state index contributed by atoms with van der Waals surface area (Å²) in [5.41, 5.74) is 4.69. The molecule has 2 fully saturated rings. The highest BCUT2D eigenvalue weighted by Crippen LogP contribution is 2.41. The van der Waals surface area contributed by atoms with E-state index in [0.717, 1.165) is 18.4 Å². The van der Waals surface area contributed by atoms with Gasteiger partial charge in [0.1, 0.15) is 0 Å². The lowest BCUT2D eigenvalue weighted by Crippen LogP contribution is -2.21. The van der Waals surface area contributed by atoms with Crippen molar-refractivity contribution >= 4 is 0 Å². The van der Waals surface area contributed by atoms with Gasteiger partial charge in [0.25, 0.3) is 0 Å². The maximum Gasteiger partial charge on any atom is 0.0168 e. The van der Waals surface area contributed by atoms with Gasteiger partial charge in [-0.25, -0.2) is 0 Å². The van der Waals surface area contributed by atoms with Crippen LogP contribution in [0, 0.1) is 5.92 Å². The van der Waals surface area contributed by atoms with E-state index < -0.39 is 0 Å². The molecule has 2 saturated heterocycles. The van der Waals surface area contributed by atoms with Gasteiger partial charge in [0.2, 0.25) is 0 Å². The first kappa shape index (κ1) is 13.5. The van der Waals surface area contributed by atoms with Crippen molar-refractivity contribution in [2.24, 2.45) is 5.92 Å². The van der Waals surface area contributed by atoms with Crippen LogP contribution in [0.2, 0.25) is 0 Å². The maximum atomic E-state index is 3.51. The van der Waals surface area contributed by atoms with Crippen molar-refractivity contribution in [3.8, 4) is 0 Å². The zero-order valence-corrected chi connectivity index (χ0v) is 12.9. The van der Waals surface area contributed by atoms with Gasteiger partial charge in [0, 0.05) is 25.6 Å². The number of likely N-dealkylation sites (tertiary alicyclic amines) is 1. The molecule has 2 nitrogen and oxygen atoms in total. The van der Waals surface area contributed by atoms with Gasteiger partial charge in [-0.05, 0) is 55.8 Å². The van der Waals surface area contributed by atoms with E-state index >= 15 is 0 Å². The topological polar surface area (TPSA) is 15.3 Å². The second kappa shape index (κ2) is 5.94. The van der Waals surface area contributed by atoms with Crippen LogP contribution in [0.4, 0.5) is 0 Å². The van der Waals surface area contributed by atoms with E-state index in [1.807, 2.05) is 0 Å². The SMILES string of the molecule is C1=C2CNCC2C(c2ccc(CCN3CCCC3)cc2)C1. The molecule has 1 aromatic rings. The Hall–Kier alpha value is -1.12. The van der Waals surface area contributed by atoms with E-state index in [0.29, 0.717) is 0 Å². The fourth-order valence-corrected chi connectivity index (χ4v) is 4.29. The molecule has 0 bridgehead atoms. The Morgan fingerprint density at radius 1 is 1.05 bits per heavy atom. The summed E-state index contributed by atoms with van der Waals surface area (Å²) in [7, 11) is 0. The van der Waals surface area contributed by atoms with Gasteiger partial charge in [-0.15, -0.1) is 0 Å². The van der Waals surface area contributed by atoms with Gasteiger partial charge >= 0.3 is 0 Å². The molecule has 21 heavy (non-hydrogen) atoms. The molecule has 112 valence electrons. The summed E-state index contributed by atoms with van der Waals surface area (Å²) in [5.74, 6) is 1.49. The summed E-state index contributed by atoms with van der Waals surface area (Å²) < 4.78 is 0. The third kappa shape index (κ3) is 2.79. The lowest BCUT2D eigenvalue weighted by molar-refractivity contribution is 0.343. The maximum absolute atomic E-state index is 3.51. The van der Waals surface area contributed by atoms with Crippen molar-refractivity contribution in [3.05, 3.63) is 47.0 Å². The lowest BCUT2D eigenvalue weighted by atomic mass is 9.86. The van der Waals surface area contributed by atoms with Gasteiger partial charge in [-0.1, -0.05) is 35.9 Å². The highest BCUT2D eigenvalue weighted by molar-refractivity contribution is 5.34. The number of nitrogens with one attached hydrogen (secondary N) is 1. The van der Waals surface area contributed by atoms with E-state index in [-0.39, 0.29) is 0 Å². The normalized spacial score (nSPS) is 28.9. The van der Waals surface area contributed by atoms with E-state index in [2.05, 4.69) is 40.6 Å². The van der Waals surface area contributed by atoms with E-state index in [4.69, 9.17) is 0 Å². The van der Waals surface area contributed by atoms with Crippen LogP contribution in [0.1, 0.15) is 36.3 Å². The summed E-state index contributed by atoms with van der Waals surface area (Å²) in [6, 6.07) is 9.51. The summed E-state index contributed by atoms with van der Waals surface area (Å²) in [5, 5.41) is 3.51. The van der Waals surface area contributed by atoms with Crippen molar-refractivity contribution in [3.63, 3.8) is 0 Å². The minimum atomic E-state index is 0.725. The zero-order valence-electron chi connectivity index (χ0n) is 12.9. The molecule has 2 unspecified atom stereocenters. The van der Waals surface area contributed by atoms with Crippen molar-refractivity contribution in [2.75, 3.05) is 32.7 Å². The second-order valence-corrected chi connectivity index (χ2v) is 6.90. The minimum Gasteiger partial charge on any atom is -0.312 e. The van der Waals surface area contributed by atoms with Crippen molar-refractivity contribution in [1.82, 2.24) is 10.2 Å². The number of allylic oxidation sites excluding steroid dienone is 1. The number of rotatable bonds is 4. The molecule has 4 rings (SSSR count). The van der Waals surface area contributed by atoms with Crippen molar-refractivity contribution in [1.29, 1.82) is 0 Å². The van der Waals surface area contributed by atoms with E-state index in [9.17, 15) is 0 Å². The average Bonchev–Trinajstić information content (AvgIpc) is 3.23. The van der Waals surface area contributed by atoms with Gasteiger partial charge < -0.3 is 10.2 Å². The molecule has 0 amide bonds. The van der Waals surface area contributed by atoms with Crippen LogP contribution in [-0.4, -0.2) is 37.6 Å². The molecule has 3 aliphatic rings. The number of hydrogen-bond acceptors (Lipinski definition) is 2. The number of nitrogens with zero attached hydrogens (tertiary/aromatic N) is 1. The van der Waals surface area contributed by atoms with Crippen LogP contribution in [0.5, 0.6) is 0 Å². The smallest absolute Gasteiger partial charge is 0.0168 e. The van der Waals surface area contributed by atoms with Crippen LogP contribution in [-0.2, 0) is 6.42 Å². The molecule has 2 atom stereocenters. The van der Waals surface area contributed by atoms with Crippen LogP contribution >= 0.6 is 0 Å². The highest BCUT2D eigenvalue weighted by atomic mass is 15.1. The van der Waals surface area contributed by atoms with Crippen LogP contribution in [0.15, 0.2) is 35.9 Å². The number of fused-ring (bicyclic) bond motifs is 1. The first-order valence-corrected chi connectivity index (χ1v) is 8.61. The Morgan fingerprint density at radius 2 is 1.86 bits per heavy atom. The molecule has 0 radical (unpaired) electrons. The quantitative estimate of drug-likeness (QED) is 0.854. The van der Waals surface area contributed by atoms with Crippen LogP contribution < -0.4 is 5.32 Å². The summed E-state index contributed by atoms with van der Waals surface area (Å²) in [4.78, 5) is 2.60. The Bertz CT molecular complexity index is 511. The predicted molar refractivity (Wildman–Crippen MR) is 87.6 cm³/mol. The monoisotopic (exact) mass is 282 g/mol. The molecular weight excluding hydrogens is 256 g/mol. The molecule has 1 aliphatic carbocycles. The van der Waals surface area contributed by atoms with Crippen LogP contribution in [0.3, 0.4) is 0 Å². The molecule has 2 heteroatoms. The van der Waals surface area contributed by atoms with E-state index in [1.54, 1.807) is 11.1 Å². The third-order valence-electron chi connectivity index (χ3n) is 5.61. The van der Waals surface area contributed by atoms with Gasteiger partial charge in [0.15, 0.2) is 0 Å². The molecule has 0 aromatic heterocycles. The summed E-state index contributed by atoms with van der Waals surface area (Å²) >= 11 is 0. The third-order valence-corrected chi connectivity index (χ3v) is 5.61. The Kier molecular flexibility index (Phi) is 3.83. The lowest BCUT2D eigenvalue weighted by Gasteiger charge is -2.19. The van der Waals surface area contributed by atoms with Gasteiger partial charge in [0.05, 0.1) is 0 Å². The molecule has 1 N–H and O–H groups in total. The summed E-state index contributed by atoms with van der Waals surface area (Å²) in [6.45, 7) is 6.15. The average molecular weight is 282 g/mol. The zero-order chi connectivity index (χ0) is 14.1. The first-order valence-electron chi connectivity index (χ1n) is 8.61. The Labute approximate surface area is 128 Å². The highest BCUT2D eigenvalue weighted by Gasteiger charge is 2.33. The van der Waals surface area contributed by atoms with E-state index in [1.165, 1.54) is 57.4 Å². The van der Waals surface area contributed by atoms with Gasteiger partial charge in [-0.2, -0.15) is 0 Å². The largest absolute Gasteiger partial charge is 0.312 e. The molecule has 0 spiro atoms. The minimum absolute atomic E-state index is 0.725.